The predicted octanol–water partition coefficient (Wildman–Crippen LogP) is 7.63. The Balaban J connectivity index is 1.60. The average molecular weight is 451 g/mol. The topological polar surface area (TPSA) is 47.9 Å². The van der Waals surface area contributed by atoms with E-state index in [1.807, 2.05) is 97.1 Å². The Morgan fingerprint density at radius 2 is 1.32 bits per heavy atom. The molecule has 4 aromatic carbocycles. The summed E-state index contributed by atoms with van der Waals surface area (Å²) in [6, 6.07) is 30.9. The Morgan fingerprint density at radius 3 is 1.94 bits per heavy atom. The van der Waals surface area contributed by atoms with E-state index in [2.05, 4.69) is 13.2 Å². The van der Waals surface area contributed by atoms with E-state index in [0.717, 1.165) is 33.4 Å². The van der Waals surface area contributed by atoms with Gasteiger partial charge in [-0.1, -0.05) is 98.1 Å². The first kappa shape index (κ1) is 23.1. The van der Waals surface area contributed by atoms with Crippen molar-refractivity contribution in [3.8, 4) is 22.6 Å². The van der Waals surface area contributed by atoms with Gasteiger partial charge < -0.3 is 9.47 Å². The van der Waals surface area contributed by atoms with Gasteiger partial charge >= 0.3 is 0 Å². The monoisotopic (exact) mass is 450 g/mol. The van der Waals surface area contributed by atoms with Crippen LogP contribution < -0.4 is 9.47 Å². The molecule has 0 aliphatic rings. The summed E-state index contributed by atoms with van der Waals surface area (Å²) in [5, 5.41) is 9.72. The van der Waals surface area contributed by atoms with Gasteiger partial charge in [0.1, 0.15) is 17.6 Å². The molecule has 170 valence electrons. The Bertz CT molecular complexity index is 1230. The van der Waals surface area contributed by atoms with Gasteiger partial charge in [-0.05, 0) is 52.1 Å². The second-order valence-corrected chi connectivity index (χ2v) is 7.66. The zero-order valence-corrected chi connectivity index (χ0v) is 18.8. The number of ether oxygens (including phenoxy) is 2. The van der Waals surface area contributed by atoms with Gasteiger partial charge in [0.2, 0.25) is 6.79 Å². The number of benzene rings is 4. The molecule has 0 fully saturated rings. The van der Waals surface area contributed by atoms with E-state index in [9.17, 15) is 5.26 Å². The normalized spacial score (nSPS) is 11.4. The van der Waals surface area contributed by atoms with E-state index in [4.69, 9.17) is 14.4 Å². The molecule has 0 amide bonds. The Kier molecular flexibility index (Phi) is 7.56. The highest BCUT2D eigenvalue weighted by molar-refractivity contribution is 5.71. The van der Waals surface area contributed by atoms with Gasteiger partial charge in [0.25, 0.3) is 0 Å². The lowest BCUT2D eigenvalue weighted by atomic mass is 9.96. The molecule has 4 nitrogen and oxygen atoms in total. The van der Waals surface area contributed by atoms with Crippen LogP contribution in [-0.2, 0) is 4.89 Å². The molecule has 1 N–H and O–H groups in total. The van der Waals surface area contributed by atoms with E-state index in [0.29, 0.717) is 11.5 Å². The molecular weight excluding hydrogens is 424 g/mol. The second-order valence-electron chi connectivity index (χ2n) is 7.66. The third kappa shape index (κ3) is 5.44. The molecule has 0 bridgehead atoms. The minimum Gasteiger partial charge on any atom is -0.458 e. The fourth-order valence-electron chi connectivity index (χ4n) is 3.66. The third-order valence-corrected chi connectivity index (χ3v) is 5.53. The standard InChI is InChI=1S/C30H26O4/c1-3-22-10-14-25(15-11-22)30(34-31)26-16-19-29(28(20-26)24-8-6-5-7-9-24)33-21-32-27-17-12-23(4-2)13-18-27/h3-20,30-31H,1-2,21H2. The van der Waals surface area contributed by atoms with Gasteiger partial charge in [0.15, 0.2) is 0 Å². The molecule has 0 saturated heterocycles. The zero-order chi connectivity index (χ0) is 23.8. The average Bonchev–Trinajstić information content (AvgIpc) is 2.91. The summed E-state index contributed by atoms with van der Waals surface area (Å²) in [5.74, 6) is 1.37. The van der Waals surface area contributed by atoms with Crippen molar-refractivity contribution in [1.82, 2.24) is 0 Å². The van der Waals surface area contributed by atoms with Crippen LogP contribution in [-0.4, -0.2) is 12.1 Å². The highest BCUT2D eigenvalue weighted by Crippen LogP contribution is 2.35. The quantitative estimate of drug-likeness (QED) is 0.153. The predicted molar refractivity (Wildman–Crippen MR) is 137 cm³/mol. The minimum absolute atomic E-state index is 0.0512. The van der Waals surface area contributed by atoms with Crippen LogP contribution in [0.5, 0.6) is 11.5 Å². The van der Waals surface area contributed by atoms with Crippen LogP contribution in [0.4, 0.5) is 0 Å². The minimum atomic E-state index is -0.644. The highest BCUT2D eigenvalue weighted by atomic mass is 17.1. The summed E-state index contributed by atoms with van der Waals surface area (Å²) in [6.45, 7) is 7.59. The summed E-state index contributed by atoms with van der Waals surface area (Å²) < 4.78 is 11.8. The van der Waals surface area contributed by atoms with Crippen molar-refractivity contribution in [2.24, 2.45) is 0 Å². The van der Waals surface area contributed by atoms with E-state index in [1.165, 1.54) is 0 Å². The maximum absolute atomic E-state index is 9.72. The summed E-state index contributed by atoms with van der Waals surface area (Å²) >= 11 is 0. The van der Waals surface area contributed by atoms with Gasteiger partial charge in [0, 0.05) is 5.56 Å². The molecule has 34 heavy (non-hydrogen) atoms. The van der Waals surface area contributed by atoms with Gasteiger partial charge in [0.05, 0.1) is 0 Å². The van der Waals surface area contributed by atoms with Gasteiger partial charge in [-0.2, -0.15) is 0 Å². The van der Waals surface area contributed by atoms with Crippen molar-refractivity contribution in [1.29, 1.82) is 0 Å². The number of hydrogen-bond acceptors (Lipinski definition) is 4. The van der Waals surface area contributed by atoms with Gasteiger partial charge in [-0.25, -0.2) is 4.89 Å². The summed E-state index contributed by atoms with van der Waals surface area (Å²) in [7, 11) is 0. The van der Waals surface area contributed by atoms with Crippen molar-refractivity contribution < 1.29 is 19.6 Å². The number of rotatable bonds is 10. The van der Waals surface area contributed by atoms with Crippen LogP contribution in [0, 0.1) is 0 Å². The molecule has 0 spiro atoms. The lowest BCUT2D eigenvalue weighted by Crippen LogP contribution is -2.08. The molecule has 1 atom stereocenters. The van der Waals surface area contributed by atoms with Crippen molar-refractivity contribution in [2.45, 2.75) is 6.10 Å². The Morgan fingerprint density at radius 1 is 0.706 bits per heavy atom. The zero-order valence-electron chi connectivity index (χ0n) is 18.8. The maximum Gasteiger partial charge on any atom is 0.230 e. The first-order chi connectivity index (χ1) is 16.7. The largest absolute Gasteiger partial charge is 0.458 e. The van der Waals surface area contributed by atoms with Crippen molar-refractivity contribution in [2.75, 3.05) is 6.79 Å². The highest BCUT2D eigenvalue weighted by Gasteiger charge is 2.18. The van der Waals surface area contributed by atoms with Gasteiger partial charge in [-0.3, -0.25) is 5.26 Å². The van der Waals surface area contributed by atoms with Crippen LogP contribution in [0.3, 0.4) is 0 Å². The molecule has 4 rings (SSSR count). The van der Waals surface area contributed by atoms with Crippen molar-refractivity contribution in [3.63, 3.8) is 0 Å². The molecule has 0 radical (unpaired) electrons. The molecular formula is C30H26O4. The molecule has 4 heteroatoms. The lowest BCUT2D eigenvalue weighted by molar-refractivity contribution is -0.270. The van der Waals surface area contributed by atoms with E-state index in [1.54, 1.807) is 12.2 Å². The first-order valence-electron chi connectivity index (χ1n) is 10.9. The van der Waals surface area contributed by atoms with E-state index >= 15 is 0 Å². The molecule has 0 aliphatic carbocycles. The Hall–Kier alpha value is -4.12. The number of hydrogen-bond donors (Lipinski definition) is 1. The smallest absolute Gasteiger partial charge is 0.230 e. The van der Waals surface area contributed by atoms with Crippen LogP contribution >= 0.6 is 0 Å². The molecule has 4 aromatic rings. The van der Waals surface area contributed by atoms with E-state index in [-0.39, 0.29) is 6.79 Å². The maximum atomic E-state index is 9.72. The van der Waals surface area contributed by atoms with Crippen molar-refractivity contribution >= 4 is 12.2 Å². The molecule has 0 saturated carbocycles. The summed E-state index contributed by atoms with van der Waals surface area (Å²) in [6.07, 6.45) is 2.91. The second kappa shape index (κ2) is 11.1. The molecule has 0 aromatic heterocycles. The molecule has 0 aliphatic heterocycles. The van der Waals surface area contributed by atoms with Crippen LogP contribution in [0.15, 0.2) is 110 Å². The van der Waals surface area contributed by atoms with Gasteiger partial charge in [-0.15, -0.1) is 0 Å². The first-order valence-corrected chi connectivity index (χ1v) is 10.9. The fourth-order valence-corrected chi connectivity index (χ4v) is 3.66. The van der Waals surface area contributed by atoms with Crippen molar-refractivity contribution in [3.05, 3.63) is 132 Å². The lowest BCUT2D eigenvalue weighted by Gasteiger charge is -2.18. The third-order valence-electron chi connectivity index (χ3n) is 5.53. The van der Waals surface area contributed by atoms with Crippen LogP contribution in [0.1, 0.15) is 28.4 Å². The molecule has 1 unspecified atom stereocenters. The summed E-state index contributed by atoms with van der Waals surface area (Å²) in [5.41, 5.74) is 5.48. The summed E-state index contributed by atoms with van der Waals surface area (Å²) in [4.78, 5) is 4.89. The van der Waals surface area contributed by atoms with E-state index < -0.39 is 6.10 Å². The van der Waals surface area contributed by atoms with Crippen LogP contribution in [0.25, 0.3) is 23.3 Å². The molecule has 0 heterocycles. The Labute approximate surface area is 199 Å². The SMILES string of the molecule is C=Cc1ccc(OCOc2ccc(C(OO)c3ccc(C=C)cc3)cc2-c2ccccc2)cc1. The fraction of sp³-hybridized carbons (Fsp3) is 0.0667. The van der Waals surface area contributed by atoms with Crippen LogP contribution in [0.2, 0.25) is 0 Å².